The summed E-state index contributed by atoms with van der Waals surface area (Å²) in [7, 11) is 0. The smallest absolute Gasteiger partial charge is 0.193 e. The number of ether oxygens (including phenoxy) is 1. The first-order chi connectivity index (χ1) is 11.0. The van der Waals surface area contributed by atoms with Crippen molar-refractivity contribution < 1.29 is 4.74 Å². The molecule has 0 atom stereocenters. The molecule has 0 spiro atoms. The topological polar surface area (TPSA) is 59.6 Å². The summed E-state index contributed by atoms with van der Waals surface area (Å²) in [5, 5.41) is 3.11. The highest BCUT2D eigenvalue weighted by atomic mass is 127. The molecule has 0 saturated heterocycles. The molecule has 3 N–H and O–H groups in total. The number of nitrogens with one attached hydrogen (secondary N) is 1. The van der Waals surface area contributed by atoms with Crippen molar-refractivity contribution in [3.05, 3.63) is 59.7 Å². The van der Waals surface area contributed by atoms with E-state index >= 15 is 0 Å². The van der Waals surface area contributed by atoms with Crippen LogP contribution in [0.5, 0.6) is 5.75 Å². The second-order valence-corrected chi connectivity index (χ2v) is 5.82. The molecule has 2 rings (SSSR count). The average Bonchev–Trinajstić information content (AvgIpc) is 2.48. The summed E-state index contributed by atoms with van der Waals surface area (Å²) >= 11 is 0. The van der Waals surface area contributed by atoms with Crippen molar-refractivity contribution in [3.8, 4) is 5.75 Å². The molecule has 0 unspecified atom stereocenters. The molecule has 24 heavy (non-hydrogen) atoms. The van der Waals surface area contributed by atoms with Crippen molar-refractivity contribution in [2.75, 3.05) is 11.9 Å². The van der Waals surface area contributed by atoms with Gasteiger partial charge in [-0.2, -0.15) is 0 Å². The third-order valence-electron chi connectivity index (χ3n) is 3.27. The molecule has 0 aromatic heterocycles. The van der Waals surface area contributed by atoms with Crippen molar-refractivity contribution in [1.29, 1.82) is 0 Å². The third-order valence-corrected chi connectivity index (χ3v) is 3.27. The Hall–Kier alpha value is -1.76. The molecule has 0 aliphatic carbocycles. The van der Waals surface area contributed by atoms with E-state index in [9.17, 15) is 0 Å². The Morgan fingerprint density at radius 1 is 1.17 bits per heavy atom. The summed E-state index contributed by atoms with van der Waals surface area (Å²) in [6.45, 7) is 6.74. The van der Waals surface area contributed by atoms with Gasteiger partial charge in [0.05, 0.1) is 6.10 Å². The number of nitrogens with zero attached hydrogens (tertiary/aromatic N) is 1. The van der Waals surface area contributed by atoms with Gasteiger partial charge in [-0.15, -0.1) is 24.0 Å². The summed E-state index contributed by atoms with van der Waals surface area (Å²) < 4.78 is 5.63. The van der Waals surface area contributed by atoms with Crippen LogP contribution in [-0.4, -0.2) is 18.6 Å². The monoisotopic (exact) mass is 439 g/mol. The van der Waals surface area contributed by atoms with Crippen LogP contribution >= 0.6 is 24.0 Å². The molecule has 0 heterocycles. The van der Waals surface area contributed by atoms with Gasteiger partial charge in [-0.1, -0.05) is 24.3 Å². The SMILES string of the molecule is Cc1cccc(NC(N)=NCCc2ccc(OC(C)C)cc2)c1.I. The molecule has 130 valence electrons. The second kappa shape index (κ2) is 10.2. The molecule has 2 aromatic carbocycles. The van der Waals surface area contributed by atoms with Gasteiger partial charge in [0, 0.05) is 12.2 Å². The zero-order valence-corrected chi connectivity index (χ0v) is 16.8. The number of hydrogen-bond donors (Lipinski definition) is 2. The van der Waals surface area contributed by atoms with E-state index in [0.717, 1.165) is 17.9 Å². The fraction of sp³-hybridized carbons (Fsp3) is 0.316. The van der Waals surface area contributed by atoms with Crippen LogP contribution in [-0.2, 0) is 6.42 Å². The predicted octanol–water partition coefficient (Wildman–Crippen LogP) is 4.37. The van der Waals surface area contributed by atoms with Gasteiger partial charge in [0.2, 0.25) is 0 Å². The first-order valence-electron chi connectivity index (χ1n) is 7.92. The van der Waals surface area contributed by atoms with E-state index in [1.165, 1.54) is 11.1 Å². The first-order valence-corrected chi connectivity index (χ1v) is 7.92. The molecule has 0 aliphatic heterocycles. The normalized spacial score (nSPS) is 11.1. The Bertz CT molecular complexity index is 654. The minimum absolute atomic E-state index is 0. The van der Waals surface area contributed by atoms with E-state index in [2.05, 4.69) is 22.4 Å². The Morgan fingerprint density at radius 3 is 2.50 bits per heavy atom. The maximum atomic E-state index is 5.92. The highest BCUT2D eigenvalue weighted by Crippen LogP contribution is 2.14. The second-order valence-electron chi connectivity index (χ2n) is 5.82. The van der Waals surface area contributed by atoms with Crippen molar-refractivity contribution in [1.82, 2.24) is 0 Å². The summed E-state index contributed by atoms with van der Waals surface area (Å²) in [4.78, 5) is 4.37. The van der Waals surface area contributed by atoms with Gasteiger partial charge >= 0.3 is 0 Å². The maximum absolute atomic E-state index is 5.92. The molecule has 0 aliphatic rings. The van der Waals surface area contributed by atoms with E-state index in [1.54, 1.807) is 0 Å². The minimum Gasteiger partial charge on any atom is -0.491 e. The summed E-state index contributed by atoms with van der Waals surface area (Å²) in [6, 6.07) is 16.2. The van der Waals surface area contributed by atoms with Gasteiger partial charge in [-0.25, -0.2) is 0 Å². The van der Waals surface area contributed by atoms with Gasteiger partial charge in [-0.3, -0.25) is 4.99 Å². The number of benzene rings is 2. The lowest BCUT2D eigenvalue weighted by Gasteiger charge is -2.10. The highest BCUT2D eigenvalue weighted by molar-refractivity contribution is 14.0. The lowest BCUT2D eigenvalue weighted by molar-refractivity contribution is 0.242. The summed E-state index contributed by atoms with van der Waals surface area (Å²) in [6.07, 6.45) is 1.04. The summed E-state index contributed by atoms with van der Waals surface area (Å²) in [5.74, 6) is 1.34. The minimum atomic E-state index is 0. The number of anilines is 1. The molecule has 0 bridgehead atoms. The van der Waals surface area contributed by atoms with Gasteiger partial charge < -0.3 is 15.8 Å². The number of rotatable bonds is 6. The molecule has 0 radical (unpaired) electrons. The number of nitrogens with two attached hydrogens (primary N) is 1. The standard InChI is InChI=1S/C19H25N3O.HI/c1-14(2)23-18-9-7-16(8-10-18)11-12-21-19(20)22-17-6-4-5-15(3)13-17;/h4-10,13-14H,11-12H2,1-3H3,(H3,20,21,22);1H. The molecule has 0 saturated carbocycles. The van der Waals surface area contributed by atoms with Crippen LogP contribution in [0.4, 0.5) is 5.69 Å². The van der Waals surface area contributed by atoms with E-state index in [-0.39, 0.29) is 30.1 Å². The Kier molecular flexibility index (Phi) is 8.60. The van der Waals surface area contributed by atoms with Crippen LogP contribution in [0.2, 0.25) is 0 Å². The van der Waals surface area contributed by atoms with Gasteiger partial charge in [0.1, 0.15) is 5.75 Å². The van der Waals surface area contributed by atoms with Crippen molar-refractivity contribution in [3.63, 3.8) is 0 Å². The molecule has 4 nitrogen and oxygen atoms in total. The third kappa shape index (κ3) is 7.21. The van der Waals surface area contributed by atoms with Crippen LogP contribution in [0.3, 0.4) is 0 Å². The zero-order chi connectivity index (χ0) is 16.7. The maximum Gasteiger partial charge on any atom is 0.193 e. The zero-order valence-electron chi connectivity index (χ0n) is 14.5. The van der Waals surface area contributed by atoms with Crippen LogP contribution in [0.25, 0.3) is 0 Å². The van der Waals surface area contributed by atoms with Gasteiger partial charge in [0.15, 0.2) is 5.96 Å². The van der Waals surface area contributed by atoms with Crippen LogP contribution in [0, 0.1) is 6.92 Å². The number of hydrogen-bond acceptors (Lipinski definition) is 2. The molecular weight excluding hydrogens is 413 g/mol. The molecular formula is C19H26IN3O. The first kappa shape index (κ1) is 20.3. The van der Waals surface area contributed by atoms with Crippen LogP contribution in [0.1, 0.15) is 25.0 Å². The largest absolute Gasteiger partial charge is 0.491 e. The number of guanidine groups is 1. The molecule has 2 aromatic rings. The lowest BCUT2D eigenvalue weighted by Crippen LogP contribution is -2.23. The lowest BCUT2D eigenvalue weighted by atomic mass is 10.1. The Morgan fingerprint density at radius 2 is 1.88 bits per heavy atom. The van der Waals surface area contributed by atoms with E-state index in [4.69, 9.17) is 10.5 Å². The van der Waals surface area contributed by atoms with E-state index in [0.29, 0.717) is 12.5 Å². The highest BCUT2D eigenvalue weighted by Gasteiger charge is 1.99. The fourth-order valence-electron chi connectivity index (χ4n) is 2.22. The predicted molar refractivity (Wildman–Crippen MR) is 113 cm³/mol. The van der Waals surface area contributed by atoms with Crippen molar-refractivity contribution in [2.24, 2.45) is 10.7 Å². The van der Waals surface area contributed by atoms with E-state index in [1.807, 2.05) is 57.2 Å². The number of aliphatic imine (C=N–C) groups is 1. The Balaban J connectivity index is 0.00000288. The number of halogens is 1. The van der Waals surface area contributed by atoms with Crippen LogP contribution < -0.4 is 15.8 Å². The van der Waals surface area contributed by atoms with Gasteiger partial charge in [0.25, 0.3) is 0 Å². The van der Waals surface area contributed by atoms with E-state index < -0.39 is 0 Å². The number of aryl methyl sites for hydroxylation is 1. The quantitative estimate of drug-likeness (QED) is 0.399. The van der Waals surface area contributed by atoms with Crippen molar-refractivity contribution in [2.45, 2.75) is 33.3 Å². The molecule has 0 fully saturated rings. The van der Waals surface area contributed by atoms with Crippen molar-refractivity contribution >= 4 is 35.6 Å². The molecule has 5 heteroatoms. The Labute approximate surface area is 161 Å². The molecule has 0 amide bonds. The average molecular weight is 439 g/mol. The summed E-state index contributed by atoms with van der Waals surface area (Å²) in [5.41, 5.74) is 9.28. The van der Waals surface area contributed by atoms with Crippen LogP contribution in [0.15, 0.2) is 53.5 Å². The van der Waals surface area contributed by atoms with Gasteiger partial charge in [-0.05, 0) is 62.6 Å². The fourth-order valence-corrected chi connectivity index (χ4v) is 2.22.